The normalized spacial score (nSPS) is 11.0. The molecule has 0 spiro atoms. The maximum absolute atomic E-state index is 12.9. The molecule has 2 aromatic rings. The van der Waals surface area contributed by atoms with Gasteiger partial charge in [-0.3, -0.25) is 14.9 Å². The smallest absolute Gasteiger partial charge is 0.297 e. The summed E-state index contributed by atoms with van der Waals surface area (Å²) in [6, 6.07) is 4.46. The molecule has 0 saturated heterocycles. The van der Waals surface area contributed by atoms with Gasteiger partial charge in [-0.15, -0.1) is 0 Å². The van der Waals surface area contributed by atoms with Crippen molar-refractivity contribution in [2.75, 3.05) is 13.2 Å². The number of hydrogen-bond acceptors (Lipinski definition) is 5. The van der Waals surface area contributed by atoms with Crippen LogP contribution in [0.1, 0.15) is 65.2 Å². The van der Waals surface area contributed by atoms with Crippen molar-refractivity contribution in [3.05, 3.63) is 38.7 Å². The van der Waals surface area contributed by atoms with Gasteiger partial charge in [0.15, 0.2) is 5.75 Å². The Balaban J connectivity index is 2.30. The number of ether oxygens (including phenoxy) is 2. The number of aromatic nitrogens is 1. The largest absolute Gasteiger partial charge is 0.489 e. The molecule has 1 heterocycles. The third-order valence-corrected chi connectivity index (χ3v) is 4.99. The lowest BCUT2D eigenvalue weighted by Gasteiger charge is -2.17. The summed E-state index contributed by atoms with van der Waals surface area (Å²) < 4.78 is 13.2. The predicted molar refractivity (Wildman–Crippen MR) is 115 cm³/mol. The lowest BCUT2D eigenvalue weighted by atomic mass is 10.1. The first kappa shape index (κ1) is 22.7. The molecule has 0 aliphatic carbocycles. The Hall–Kier alpha value is -2.57. The van der Waals surface area contributed by atoms with Crippen molar-refractivity contribution in [1.29, 1.82) is 0 Å². The summed E-state index contributed by atoms with van der Waals surface area (Å²) in [4.78, 5) is 23.6. The van der Waals surface area contributed by atoms with Gasteiger partial charge < -0.3 is 14.0 Å². The van der Waals surface area contributed by atoms with E-state index in [1.165, 1.54) is 36.0 Å². The lowest BCUT2D eigenvalue weighted by molar-refractivity contribution is -0.384. The van der Waals surface area contributed by atoms with Crippen molar-refractivity contribution < 1.29 is 14.4 Å². The molecule has 160 valence electrons. The molecule has 0 bridgehead atoms. The third kappa shape index (κ3) is 5.95. The highest BCUT2D eigenvalue weighted by atomic mass is 16.6. The van der Waals surface area contributed by atoms with E-state index in [4.69, 9.17) is 9.47 Å². The first-order valence-electron chi connectivity index (χ1n) is 10.6. The van der Waals surface area contributed by atoms with Crippen LogP contribution < -0.4 is 15.0 Å². The number of non-ortho nitro benzene ring substituents is 1. The fraction of sp³-hybridized carbons (Fsp3) is 0.591. The number of pyridine rings is 1. The zero-order valence-corrected chi connectivity index (χ0v) is 17.7. The van der Waals surface area contributed by atoms with Gasteiger partial charge in [-0.1, -0.05) is 52.4 Å². The maximum Gasteiger partial charge on any atom is 0.297 e. The molecule has 0 aliphatic rings. The first-order valence-corrected chi connectivity index (χ1v) is 10.6. The van der Waals surface area contributed by atoms with Crippen molar-refractivity contribution in [2.24, 2.45) is 7.05 Å². The number of rotatable bonds is 13. The molecule has 7 heteroatoms. The molecule has 0 aliphatic heterocycles. The van der Waals surface area contributed by atoms with Gasteiger partial charge in [-0.2, -0.15) is 0 Å². The molecule has 0 amide bonds. The Labute approximate surface area is 171 Å². The summed E-state index contributed by atoms with van der Waals surface area (Å²) in [6.45, 7) is 5.16. The SMILES string of the molecule is CCCCCCCCOc1c(OCCCC)c2ccc([N+](=O)[O-])cc2n(C)c1=O. The molecule has 1 aromatic heterocycles. The van der Waals surface area contributed by atoms with Gasteiger partial charge >= 0.3 is 0 Å². The third-order valence-electron chi connectivity index (χ3n) is 4.99. The van der Waals surface area contributed by atoms with E-state index in [1.807, 2.05) is 0 Å². The summed E-state index contributed by atoms with van der Waals surface area (Å²) >= 11 is 0. The van der Waals surface area contributed by atoms with Crippen molar-refractivity contribution in [1.82, 2.24) is 4.57 Å². The number of hydrogen-bond donors (Lipinski definition) is 0. The van der Waals surface area contributed by atoms with Crippen LogP contribution in [-0.4, -0.2) is 22.7 Å². The lowest BCUT2D eigenvalue weighted by Crippen LogP contribution is -2.21. The van der Waals surface area contributed by atoms with Crippen molar-refractivity contribution >= 4 is 16.6 Å². The van der Waals surface area contributed by atoms with Gasteiger partial charge in [0.2, 0.25) is 5.75 Å². The minimum Gasteiger partial charge on any atom is -0.489 e. The van der Waals surface area contributed by atoms with E-state index in [1.54, 1.807) is 13.1 Å². The second kappa shape index (κ2) is 11.4. The van der Waals surface area contributed by atoms with Gasteiger partial charge in [-0.25, -0.2) is 0 Å². The van der Waals surface area contributed by atoms with Crippen LogP contribution in [0.25, 0.3) is 10.9 Å². The monoisotopic (exact) mass is 404 g/mol. The van der Waals surface area contributed by atoms with Gasteiger partial charge in [0, 0.05) is 24.6 Å². The number of unbranched alkanes of at least 4 members (excludes halogenated alkanes) is 6. The zero-order valence-electron chi connectivity index (χ0n) is 17.7. The standard InChI is InChI=1S/C22H32N2O5/c1-4-6-8-9-10-11-15-29-21-20(28-14-7-5-2)18-13-12-17(24(26)27)16-19(18)23(3)22(21)25/h12-13,16H,4-11,14-15H2,1-3H3. The molecule has 0 atom stereocenters. The number of benzene rings is 1. The van der Waals surface area contributed by atoms with Crippen LogP contribution in [0.15, 0.2) is 23.0 Å². The van der Waals surface area contributed by atoms with Crippen LogP contribution in [0.2, 0.25) is 0 Å². The quantitative estimate of drug-likeness (QED) is 0.255. The molecule has 29 heavy (non-hydrogen) atoms. The summed E-state index contributed by atoms with van der Waals surface area (Å²) in [6.07, 6.45) is 8.58. The fourth-order valence-electron chi connectivity index (χ4n) is 3.23. The van der Waals surface area contributed by atoms with Gasteiger partial charge in [0.05, 0.1) is 23.7 Å². The number of fused-ring (bicyclic) bond motifs is 1. The van der Waals surface area contributed by atoms with Gasteiger partial charge in [-0.05, 0) is 18.9 Å². The average Bonchev–Trinajstić information content (AvgIpc) is 2.72. The summed E-state index contributed by atoms with van der Waals surface area (Å²) in [7, 11) is 1.60. The average molecular weight is 405 g/mol. The Bertz CT molecular complexity index is 876. The molecule has 0 saturated carbocycles. The highest BCUT2D eigenvalue weighted by Gasteiger charge is 2.20. The molecule has 2 rings (SSSR count). The van der Waals surface area contributed by atoms with E-state index in [0.717, 1.165) is 32.1 Å². The summed E-state index contributed by atoms with van der Waals surface area (Å²) in [5, 5.41) is 11.8. The molecule has 0 fully saturated rings. The van der Waals surface area contributed by atoms with Crippen LogP contribution in [0.5, 0.6) is 11.5 Å². The van der Waals surface area contributed by atoms with Crippen molar-refractivity contribution in [3.63, 3.8) is 0 Å². The first-order chi connectivity index (χ1) is 14.0. The fourth-order valence-corrected chi connectivity index (χ4v) is 3.23. The summed E-state index contributed by atoms with van der Waals surface area (Å²) in [5.74, 6) is 0.580. The molecule has 0 N–H and O–H groups in total. The molecule has 0 unspecified atom stereocenters. The van der Waals surface area contributed by atoms with E-state index in [0.29, 0.717) is 29.9 Å². The zero-order chi connectivity index (χ0) is 21.2. The second-order valence-electron chi connectivity index (χ2n) is 7.30. The van der Waals surface area contributed by atoms with Gasteiger partial charge in [0.25, 0.3) is 11.2 Å². The molecule has 1 aromatic carbocycles. The highest BCUT2D eigenvalue weighted by molar-refractivity contribution is 5.89. The topological polar surface area (TPSA) is 83.6 Å². The van der Waals surface area contributed by atoms with Crippen LogP contribution in [0, 0.1) is 10.1 Å². The maximum atomic E-state index is 12.9. The van der Waals surface area contributed by atoms with Crippen LogP contribution >= 0.6 is 0 Å². The van der Waals surface area contributed by atoms with E-state index in [2.05, 4.69) is 13.8 Å². The minimum absolute atomic E-state index is 0.0623. The van der Waals surface area contributed by atoms with Crippen molar-refractivity contribution in [2.45, 2.75) is 65.2 Å². The van der Waals surface area contributed by atoms with E-state index < -0.39 is 4.92 Å². The van der Waals surface area contributed by atoms with Crippen LogP contribution in [0.3, 0.4) is 0 Å². The Morgan fingerprint density at radius 3 is 2.24 bits per heavy atom. The Kier molecular flexibility index (Phi) is 8.96. The molecule has 0 radical (unpaired) electrons. The van der Waals surface area contributed by atoms with Gasteiger partial charge in [0.1, 0.15) is 0 Å². The van der Waals surface area contributed by atoms with E-state index >= 15 is 0 Å². The van der Waals surface area contributed by atoms with E-state index in [-0.39, 0.29) is 17.0 Å². The predicted octanol–water partition coefficient (Wildman–Crippen LogP) is 5.36. The molecule has 7 nitrogen and oxygen atoms in total. The van der Waals surface area contributed by atoms with Crippen LogP contribution in [0.4, 0.5) is 5.69 Å². The second-order valence-corrected chi connectivity index (χ2v) is 7.30. The van der Waals surface area contributed by atoms with Crippen LogP contribution in [-0.2, 0) is 7.05 Å². The molecular weight excluding hydrogens is 372 g/mol. The number of nitro groups is 1. The summed E-state index contributed by atoms with van der Waals surface area (Å²) in [5.41, 5.74) is 0.0610. The highest BCUT2D eigenvalue weighted by Crippen LogP contribution is 2.34. The number of nitrogens with zero attached hydrogens (tertiary/aromatic N) is 2. The number of nitro benzene ring substituents is 1. The minimum atomic E-state index is -0.468. The number of aryl methyl sites for hydroxylation is 1. The van der Waals surface area contributed by atoms with E-state index in [9.17, 15) is 14.9 Å². The van der Waals surface area contributed by atoms with Crippen molar-refractivity contribution in [3.8, 4) is 11.5 Å². The Morgan fingerprint density at radius 1 is 0.931 bits per heavy atom. The molecular formula is C22H32N2O5. The Morgan fingerprint density at radius 2 is 1.55 bits per heavy atom.